The number of methoxy groups -OCH3 is 1. The van der Waals surface area contributed by atoms with E-state index in [4.69, 9.17) is 13.6 Å². The van der Waals surface area contributed by atoms with E-state index in [0.29, 0.717) is 0 Å². The number of hydrogen-bond donors (Lipinski definition) is 1. The van der Waals surface area contributed by atoms with E-state index >= 15 is 0 Å². The quantitative estimate of drug-likeness (QED) is 0.276. The molecule has 0 aromatic carbocycles. The second-order valence-electron chi connectivity index (χ2n) is 12.0. The summed E-state index contributed by atoms with van der Waals surface area (Å²) in [5, 5.41) is 11.5. The Kier molecular flexibility index (Phi) is 10.8. The molecule has 0 amide bonds. The van der Waals surface area contributed by atoms with Crippen LogP contribution in [0.5, 0.6) is 0 Å². The van der Waals surface area contributed by atoms with Gasteiger partial charge < -0.3 is 0 Å². The average molecular weight is 542 g/mol. The van der Waals surface area contributed by atoms with Gasteiger partial charge in [0, 0.05) is 0 Å². The van der Waals surface area contributed by atoms with Crippen LogP contribution in [0.1, 0.15) is 62.3 Å². The molecule has 0 bridgehead atoms. The van der Waals surface area contributed by atoms with Crippen molar-refractivity contribution < 1.29 is 23.5 Å². The monoisotopic (exact) mass is 542 g/mol. The van der Waals surface area contributed by atoms with Crippen molar-refractivity contribution >= 4 is 37.6 Å². The van der Waals surface area contributed by atoms with Gasteiger partial charge in [0.2, 0.25) is 0 Å². The topological polar surface area (TPSA) is 65.0 Å². The average Bonchev–Trinajstić information content (AvgIpc) is 2.61. The molecule has 0 saturated carbocycles. The van der Waals surface area contributed by atoms with E-state index in [-0.39, 0.29) is 49.1 Å². The zero-order chi connectivity index (χ0) is 25.2. The molecule has 5 atom stereocenters. The molecule has 0 fully saturated rings. The van der Waals surface area contributed by atoms with Gasteiger partial charge in [-0.25, -0.2) is 0 Å². The fraction of sp³-hybridized carbons (Fsp3) is 0.957. The van der Waals surface area contributed by atoms with Gasteiger partial charge in [-0.15, -0.1) is 0 Å². The Morgan fingerprint density at radius 3 is 1.58 bits per heavy atom. The number of esters is 1. The van der Waals surface area contributed by atoms with Crippen LogP contribution in [0.4, 0.5) is 0 Å². The molecule has 1 N–H and O–H groups in total. The normalized spacial score (nSPS) is 19.9. The third-order valence-electron chi connectivity index (χ3n) is 7.58. The molecule has 0 aromatic heterocycles. The molecule has 0 heterocycles. The van der Waals surface area contributed by atoms with E-state index in [0.717, 1.165) is 0 Å². The van der Waals surface area contributed by atoms with Crippen molar-refractivity contribution in [2.24, 2.45) is 5.92 Å². The van der Waals surface area contributed by atoms with Crippen LogP contribution in [0, 0.1) is 5.92 Å². The predicted octanol–water partition coefficient (Wildman–Crippen LogP) is 5.89. The van der Waals surface area contributed by atoms with Crippen LogP contribution in [0.2, 0.25) is 46.4 Å². The SMILES string of the molecule is COC(=O)[C@@](C)([Se]C)[C@H](O)[C@@H](C)[C@H](O[Si](C)(C)C(C)(C)C)[C@@H](C)O[Si](C)(C)C(C)(C)C. The molecular weight excluding hydrogens is 491 g/mol. The molecule has 0 radical (unpaired) electrons. The zero-order valence-electron chi connectivity index (χ0n) is 22.8. The van der Waals surface area contributed by atoms with Crippen LogP contribution in [0.3, 0.4) is 0 Å². The Labute approximate surface area is 200 Å². The molecule has 0 rings (SSSR count). The van der Waals surface area contributed by atoms with Crippen LogP contribution >= 0.6 is 0 Å². The summed E-state index contributed by atoms with van der Waals surface area (Å²) in [5.41, 5.74) is 0. The van der Waals surface area contributed by atoms with Crippen molar-refractivity contribution in [3.05, 3.63) is 0 Å². The molecule has 0 spiro atoms. The van der Waals surface area contributed by atoms with Gasteiger partial charge in [-0.2, -0.15) is 0 Å². The Balaban J connectivity index is 6.22. The molecule has 0 aromatic rings. The van der Waals surface area contributed by atoms with Crippen molar-refractivity contribution in [2.45, 2.75) is 127 Å². The number of aliphatic hydroxyl groups is 1. The van der Waals surface area contributed by atoms with Crippen LogP contribution < -0.4 is 0 Å². The summed E-state index contributed by atoms with van der Waals surface area (Å²) in [7, 11) is -2.82. The Hall–Kier alpha value is 0.303. The van der Waals surface area contributed by atoms with Gasteiger partial charge >= 0.3 is 201 Å². The summed E-state index contributed by atoms with van der Waals surface area (Å²) in [6, 6.07) is 0. The first kappa shape index (κ1) is 31.3. The number of ether oxygens (including phenoxy) is 1. The van der Waals surface area contributed by atoms with Gasteiger partial charge in [-0.1, -0.05) is 0 Å². The van der Waals surface area contributed by atoms with E-state index in [1.165, 1.54) is 7.11 Å². The van der Waals surface area contributed by atoms with Crippen LogP contribution in [-0.4, -0.2) is 68.1 Å². The summed E-state index contributed by atoms with van der Waals surface area (Å²) in [6.45, 7) is 28.1. The Morgan fingerprint density at radius 2 is 1.26 bits per heavy atom. The maximum absolute atomic E-state index is 12.6. The second-order valence-corrected chi connectivity index (χ2v) is 24.2. The van der Waals surface area contributed by atoms with E-state index < -0.39 is 27.1 Å². The molecule has 0 aliphatic heterocycles. The first-order valence-electron chi connectivity index (χ1n) is 11.3. The van der Waals surface area contributed by atoms with Gasteiger partial charge in [0.05, 0.1) is 0 Å². The standard InChI is InChI=1S/C23H50O5SeSi2/c1-16(19(24)23(9,29-11)20(25)26-10)18(28-31(14,15)22(6,7)8)17(2)27-30(12,13)21(3,4)5/h16-19,24H,1-15H3/t16-,17+,18-,19+,23-/m0/s1. The maximum atomic E-state index is 12.6. The summed E-state index contributed by atoms with van der Waals surface area (Å²) in [5.74, 6) is 1.32. The zero-order valence-corrected chi connectivity index (χ0v) is 26.5. The van der Waals surface area contributed by atoms with Gasteiger partial charge in [0.25, 0.3) is 0 Å². The first-order chi connectivity index (χ1) is 13.6. The van der Waals surface area contributed by atoms with Crippen molar-refractivity contribution in [1.29, 1.82) is 0 Å². The number of aliphatic hydroxyl groups excluding tert-OH is 1. The molecule has 0 unspecified atom stereocenters. The number of carbonyl (C=O) groups excluding carboxylic acids is 1. The predicted molar refractivity (Wildman–Crippen MR) is 137 cm³/mol. The fourth-order valence-corrected chi connectivity index (χ4v) is 7.40. The van der Waals surface area contributed by atoms with Crippen molar-refractivity contribution in [3.8, 4) is 0 Å². The molecule has 8 heteroatoms. The third kappa shape index (κ3) is 7.39. The van der Waals surface area contributed by atoms with E-state index in [1.54, 1.807) is 0 Å². The first-order valence-corrected chi connectivity index (χ1v) is 19.6. The molecular formula is C23H50O5SeSi2. The molecule has 0 saturated heterocycles. The number of hydrogen-bond acceptors (Lipinski definition) is 5. The minimum absolute atomic E-state index is 0.0208. The number of carbonyl (C=O) groups is 1. The van der Waals surface area contributed by atoms with Gasteiger partial charge in [-0.05, 0) is 0 Å². The van der Waals surface area contributed by atoms with E-state index in [2.05, 4.69) is 74.7 Å². The fourth-order valence-electron chi connectivity index (χ4n) is 3.06. The molecule has 186 valence electrons. The Bertz CT molecular complexity index is 598. The summed E-state index contributed by atoms with van der Waals surface area (Å²) < 4.78 is 17.8. The van der Waals surface area contributed by atoms with Crippen LogP contribution in [-0.2, 0) is 18.4 Å². The molecule has 31 heavy (non-hydrogen) atoms. The van der Waals surface area contributed by atoms with Crippen LogP contribution in [0.25, 0.3) is 0 Å². The van der Waals surface area contributed by atoms with Crippen molar-refractivity contribution in [2.75, 3.05) is 7.11 Å². The van der Waals surface area contributed by atoms with Gasteiger partial charge in [-0.3, -0.25) is 0 Å². The van der Waals surface area contributed by atoms with Crippen molar-refractivity contribution in [3.63, 3.8) is 0 Å². The molecule has 0 aliphatic rings. The summed E-state index contributed by atoms with van der Waals surface area (Å²) in [6.07, 6.45) is -1.41. The molecule has 0 aliphatic carbocycles. The Morgan fingerprint density at radius 1 is 0.871 bits per heavy atom. The van der Waals surface area contributed by atoms with Gasteiger partial charge in [0.1, 0.15) is 0 Å². The molecule has 5 nitrogen and oxygen atoms in total. The second kappa shape index (κ2) is 10.7. The number of rotatable bonds is 10. The third-order valence-corrected chi connectivity index (χ3v) is 19.3. The minimum atomic E-state index is -2.15. The van der Waals surface area contributed by atoms with Crippen molar-refractivity contribution in [1.82, 2.24) is 0 Å². The van der Waals surface area contributed by atoms with E-state index in [9.17, 15) is 9.90 Å². The summed E-state index contributed by atoms with van der Waals surface area (Å²) >= 11 is -0.140. The van der Waals surface area contributed by atoms with E-state index in [1.807, 2.05) is 19.7 Å². The summed E-state index contributed by atoms with van der Waals surface area (Å²) in [4.78, 5) is 12.6. The van der Waals surface area contributed by atoms with Crippen LogP contribution in [0.15, 0.2) is 0 Å². The van der Waals surface area contributed by atoms with Gasteiger partial charge in [0.15, 0.2) is 0 Å².